The van der Waals surface area contributed by atoms with Crippen molar-refractivity contribution in [1.82, 2.24) is 9.97 Å². The number of aromatic nitrogens is 2. The van der Waals surface area contributed by atoms with E-state index in [9.17, 15) is 9.18 Å². The summed E-state index contributed by atoms with van der Waals surface area (Å²) in [6, 6.07) is 8.71. The van der Waals surface area contributed by atoms with Crippen molar-refractivity contribution in [3.05, 3.63) is 47.4 Å². The quantitative estimate of drug-likeness (QED) is 0.910. The fourth-order valence-corrected chi connectivity index (χ4v) is 1.65. The van der Waals surface area contributed by atoms with Crippen molar-refractivity contribution in [2.45, 2.75) is 13.5 Å². The van der Waals surface area contributed by atoms with Gasteiger partial charge in [-0.25, -0.2) is 14.2 Å². The van der Waals surface area contributed by atoms with Gasteiger partial charge >= 0.3 is 12.1 Å². The van der Waals surface area contributed by atoms with E-state index in [1.807, 2.05) is 6.07 Å². The molecular formula is C15H13FN4O3. The molecule has 1 amide bonds. The lowest BCUT2D eigenvalue weighted by molar-refractivity contribution is 0.167. The molecule has 118 valence electrons. The molecule has 2 aromatic rings. The Balaban J connectivity index is 2.05. The average Bonchev–Trinajstić information content (AvgIpc) is 2.56. The average molecular weight is 316 g/mol. The molecule has 0 radical (unpaired) electrons. The van der Waals surface area contributed by atoms with Crippen molar-refractivity contribution in [1.29, 1.82) is 5.26 Å². The molecule has 0 unspecified atom stereocenters. The van der Waals surface area contributed by atoms with Gasteiger partial charge in [0.15, 0.2) is 11.6 Å². The second kappa shape index (κ2) is 7.70. The first-order valence-electron chi connectivity index (χ1n) is 6.70. The minimum absolute atomic E-state index is 0.0972. The first kappa shape index (κ1) is 16.2. The predicted octanol–water partition coefficient (Wildman–Crippen LogP) is 2.63. The number of hydrogen-bond acceptors (Lipinski definition) is 6. The van der Waals surface area contributed by atoms with E-state index >= 15 is 0 Å². The van der Waals surface area contributed by atoms with Gasteiger partial charge in [-0.1, -0.05) is 12.1 Å². The van der Waals surface area contributed by atoms with Crippen LogP contribution in [0.4, 0.5) is 15.0 Å². The number of carbonyl (C=O) groups excluding carboxylic acids is 1. The van der Waals surface area contributed by atoms with Gasteiger partial charge in [-0.05, 0) is 24.6 Å². The highest BCUT2D eigenvalue weighted by atomic mass is 19.1. The standard InChI is InChI=1S/C15H13FN4O3/c1-2-22-15(21)20-13-12(16)8-18-14(19-13)23-9-11-5-3-4-10(6-11)7-17/h3-6,8H,2,9H2,1H3,(H,18,19,20,21). The van der Waals surface area contributed by atoms with Crippen molar-refractivity contribution in [2.24, 2.45) is 0 Å². The number of nitrogens with one attached hydrogen (secondary N) is 1. The van der Waals surface area contributed by atoms with Crippen LogP contribution in [0, 0.1) is 17.1 Å². The van der Waals surface area contributed by atoms with Gasteiger partial charge in [-0.3, -0.25) is 5.32 Å². The summed E-state index contributed by atoms with van der Waals surface area (Å²) >= 11 is 0. The molecule has 8 heteroatoms. The Labute approximate surface area is 131 Å². The zero-order valence-corrected chi connectivity index (χ0v) is 12.2. The third-order valence-corrected chi connectivity index (χ3v) is 2.64. The Morgan fingerprint density at radius 2 is 2.30 bits per heavy atom. The molecule has 0 saturated heterocycles. The fourth-order valence-electron chi connectivity index (χ4n) is 1.65. The molecule has 0 aliphatic heterocycles. The Morgan fingerprint density at radius 1 is 1.48 bits per heavy atom. The molecule has 1 heterocycles. The number of ether oxygens (including phenoxy) is 2. The molecule has 0 atom stereocenters. The molecule has 0 saturated carbocycles. The topological polar surface area (TPSA) is 97.1 Å². The van der Waals surface area contributed by atoms with E-state index in [1.54, 1.807) is 31.2 Å². The van der Waals surface area contributed by atoms with Crippen LogP contribution in [0.15, 0.2) is 30.5 Å². The monoisotopic (exact) mass is 316 g/mol. The van der Waals surface area contributed by atoms with Crippen LogP contribution >= 0.6 is 0 Å². The number of amides is 1. The van der Waals surface area contributed by atoms with Crippen molar-refractivity contribution in [2.75, 3.05) is 11.9 Å². The number of rotatable bonds is 5. The smallest absolute Gasteiger partial charge is 0.412 e. The number of carbonyl (C=O) groups is 1. The molecule has 0 bridgehead atoms. The van der Waals surface area contributed by atoms with E-state index in [1.165, 1.54) is 0 Å². The lowest BCUT2D eigenvalue weighted by Gasteiger charge is -2.08. The molecule has 2 rings (SSSR count). The molecule has 0 fully saturated rings. The van der Waals surface area contributed by atoms with E-state index < -0.39 is 11.9 Å². The van der Waals surface area contributed by atoms with Crippen LogP contribution in [0.1, 0.15) is 18.1 Å². The summed E-state index contributed by atoms with van der Waals surface area (Å²) in [5.41, 5.74) is 1.23. The van der Waals surface area contributed by atoms with Gasteiger partial charge in [0.05, 0.1) is 24.4 Å². The van der Waals surface area contributed by atoms with Crippen LogP contribution in [0.3, 0.4) is 0 Å². The highest BCUT2D eigenvalue weighted by molar-refractivity contribution is 5.83. The summed E-state index contributed by atoms with van der Waals surface area (Å²) in [5, 5.41) is 11.0. The van der Waals surface area contributed by atoms with Crippen LogP contribution in [0.25, 0.3) is 0 Å². The molecule has 0 spiro atoms. The summed E-state index contributed by atoms with van der Waals surface area (Å²) in [4.78, 5) is 18.7. The van der Waals surface area contributed by atoms with E-state index in [0.717, 1.165) is 11.8 Å². The number of benzene rings is 1. The molecule has 0 aliphatic rings. The molecule has 0 aliphatic carbocycles. The summed E-state index contributed by atoms with van der Waals surface area (Å²) < 4.78 is 23.5. The largest absolute Gasteiger partial charge is 0.459 e. The highest BCUT2D eigenvalue weighted by Crippen LogP contribution is 2.15. The van der Waals surface area contributed by atoms with Gasteiger partial charge in [0, 0.05) is 0 Å². The number of halogens is 1. The Bertz CT molecular complexity index is 746. The van der Waals surface area contributed by atoms with Gasteiger partial charge < -0.3 is 9.47 Å². The van der Waals surface area contributed by atoms with Crippen molar-refractivity contribution >= 4 is 11.9 Å². The third kappa shape index (κ3) is 4.64. The Hall–Kier alpha value is -3.21. The predicted molar refractivity (Wildman–Crippen MR) is 78.1 cm³/mol. The maximum atomic E-state index is 13.5. The van der Waals surface area contributed by atoms with Crippen LogP contribution in [0.5, 0.6) is 6.01 Å². The molecule has 1 aromatic carbocycles. The SMILES string of the molecule is CCOC(=O)Nc1nc(OCc2cccc(C#N)c2)ncc1F. The van der Waals surface area contributed by atoms with E-state index in [0.29, 0.717) is 5.56 Å². The van der Waals surface area contributed by atoms with Crippen molar-refractivity contribution < 1.29 is 18.7 Å². The van der Waals surface area contributed by atoms with Gasteiger partial charge in [0.1, 0.15) is 6.61 Å². The van der Waals surface area contributed by atoms with Gasteiger partial charge in [0.2, 0.25) is 0 Å². The lowest BCUT2D eigenvalue weighted by Crippen LogP contribution is -2.16. The van der Waals surface area contributed by atoms with Crippen molar-refractivity contribution in [3.8, 4) is 12.1 Å². The van der Waals surface area contributed by atoms with E-state index in [2.05, 4.69) is 20.0 Å². The number of nitrogens with zero attached hydrogens (tertiary/aromatic N) is 3. The molecular weight excluding hydrogens is 303 g/mol. The van der Waals surface area contributed by atoms with Gasteiger partial charge in [-0.15, -0.1) is 0 Å². The number of anilines is 1. The molecule has 1 aromatic heterocycles. The zero-order chi connectivity index (χ0) is 16.7. The Morgan fingerprint density at radius 3 is 3.04 bits per heavy atom. The second-order valence-corrected chi connectivity index (χ2v) is 4.30. The lowest BCUT2D eigenvalue weighted by atomic mass is 10.1. The summed E-state index contributed by atoms with van der Waals surface area (Å²) in [6.45, 7) is 1.87. The number of hydrogen-bond donors (Lipinski definition) is 1. The highest BCUT2D eigenvalue weighted by Gasteiger charge is 2.12. The van der Waals surface area contributed by atoms with Gasteiger partial charge in [-0.2, -0.15) is 10.2 Å². The second-order valence-electron chi connectivity index (χ2n) is 4.30. The zero-order valence-electron chi connectivity index (χ0n) is 12.2. The summed E-state index contributed by atoms with van der Waals surface area (Å²) in [5.74, 6) is -1.14. The fraction of sp³-hybridized carbons (Fsp3) is 0.200. The van der Waals surface area contributed by atoms with Crippen LogP contribution in [-0.4, -0.2) is 22.7 Å². The van der Waals surface area contributed by atoms with E-state index in [-0.39, 0.29) is 25.0 Å². The van der Waals surface area contributed by atoms with Crippen LogP contribution in [-0.2, 0) is 11.3 Å². The van der Waals surface area contributed by atoms with E-state index in [4.69, 9.17) is 10.00 Å². The normalized spacial score (nSPS) is 9.78. The van der Waals surface area contributed by atoms with Crippen molar-refractivity contribution in [3.63, 3.8) is 0 Å². The minimum atomic E-state index is -0.822. The molecule has 7 nitrogen and oxygen atoms in total. The maximum absolute atomic E-state index is 13.5. The minimum Gasteiger partial charge on any atom is -0.459 e. The van der Waals surface area contributed by atoms with Crippen LogP contribution < -0.4 is 10.1 Å². The molecule has 23 heavy (non-hydrogen) atoms. The maximum Gasteiger partial charge on any atom is 0.412 e. The first-order chi connectivity index (χ1) is 11.1. The number of nitriles is 1. The van der Waals surface area contributed by atoms with Crippen LogP contribution in [0.2, 0.25) is 0 Å². The summed E-state index contributed by atoms with van der Waals surface area (Å²) in [6.07, 6.45) is 0.0630. The Kier molecular flexibility index (Phi) is 5.41. The summed E-state index contributed by atoms with van der Waals surface area (Å²) in [7, 11) is 0. The molecule has 1 N–H and O–H groups in total. The van der Waals surface area contributed by atoms with Gasteiger partial charge in [0.25, 0.3) is 0 Å². The third-order valence-electron chi connectivity index (χ3n) is 2.64. The first-order valence-corrected chi connectivity index (χ1v) is 6.70.